The lowest BCUT2D eigenvalue weighted by Gasteiger charge is -2.07. The number of nitrogens with zero attached hydrogens (tertiary/aromatic N) is 3. The number of thioether (sulfide) groups is 1. The van der Waals surface area contributed by atoms with Crippen molar-refractivity contribution in [2.24, 2.45) is 4.99 Å². The van der Waals surface area contributed by atoms with Crippen LogP contribution < -0.4 is 5.32 Å². The number of hydrogen-bond donors (Lipinski definition) is 1. The fraction of sp³-hybridized carbons (Fsp3) is 0.273. The predicted molar refractivity (Wildman–Crippen MR) is 71.9 cm³/mol. The van der Waals surface area contributed by atoms with E-state index in [0.717, 1.165) is 5.56 Å². The summed E-state index contributed by atoms with van der Waals surface area (Å²) in [7, 11) is 0. The lowest BCUT2D eigenvalue weighted by molar-refractivity contribution is -0.385. The second kappa shape index (κ2) is 6.02. The zero-order valence-electron chi connectivity index (χ0n) is 10.2. The molecule has 0 amide bonds. The number of nitriles is 1. The Kier molecular flexibility index (Phi) is 4.68. The maximum absolute atomic E-state index is 10.9. The lowest BCUT2D eigenvalue weighted by atomic mass is 10.1. The van der Waals surface area contributed by atoms with Gasteiger partial charge in [-0.25, -0.2) is 4.99 Å². The summed E-state index contributed by atoms with van der Waals surface area (Å²) in [5.74, 6) is 0. The Morgan fingerprint density at radius 2 is 2.22 bits per heavy atom. The van der Waals surface area contributed by atoms with Crippen molar-refractivity contribution in [2.45, 2.75) is 13.8 Å². The Morgan fingerprint density at radius 1 is 1.56 bits per heavy atom. The van der Waals surface area contributed by atoms with Crippen LogP contribution in [0.25, 0.3) is 0 Å². The average Bonchev–Trinajstić information content (AvgIpc) is 2.32. The minimum Gasteiger partial charge on any atom is -0.271 e. The van der Waals surface area contributed by atoms with Crippen LogP contribution in [0.1, 0.15) is 11.1 Å². The molecule has 0 aliphatic rings. The maximum Gasteiger partial charge on any atom is 0.274 e. The molecule has 0 atom stereocenters. The molecule has 0 saturated heterocycles. The molecule has 7 heteroatoms. The van der Waals surface area contributed by atoms with E-state index in [9.17, 15) is 10.1 Å². The minimum absolute atomic E-state index is 0.0248. The van der Waals surface area contributed by atoms with Crippen LogP contribution in [0, 0.1) is 35.4 Å². The summed E-state index contributed by atoms with van der Waals surface area (Å²) in [5.41, 5.74) is 1.86. The van der Waals surface area contributed by atoms with E-state index in [-0.39, 0.29) is 5.69 Å². The molecule has 0 spiro atoms. The zero-order chi connectivity index (χ0) is 13.7. The fourth-order valence-electron chi connectivity index (χ4n) is 1.47. The summed E-state index contributed by atoms with van der Waals surface area (Å²) in [4.78, 5) is 14.7. The second-order valence-corrected chi connectivity index (χ2v) is 4.29. The van der Waals surface area contributed by atoms with Gasteiger partial charge in [0.15, 0.2) is 11.4 Å². The normalized spacial score (nSPS) is 10.9. The first-order valence-corrected chi connectivity index (χ1v) is 6.26. The zero-order valence-corrected chi connectivity index (χ0v) is 11.0. The number of benzene rings is 1. The third-order valence-corrected chi connectivity index (χ3v) is 2.95. The Hall–Kier alpha value is -2.07. The molecule has 1 aromatic rings. The van der Waals surface area contributed by atoms with Crippen LogP contribution in [0.4, 0.5) is 11.4 Å². The molecule has 0 radical (unpaired) electrons. The number of rotatable bonds is 2. The molecule has 94 valence electrons. The SMILES string of the molecule is CSC(=Nc1c(C)ccc([N+](=O)[O-])c1C)NC#N. The molecule has 0 aromatic heterocycles. The molecular formula is C11H12N4O2S. The summed E-state index contributed by atoms with van der Waals surface area (Å²) >= 11 is 1.27. The standard InChI is InChI=1S/C11H12N4O2S/c1-7-4-5-9(15(16)17)8(2)10(7)14-11(18-3)13-6-12/h4-5H,1-3H3,(H,13,14). The van der Waals surface area contributed by atoms with Crippen LogP contribution in [0.2, 0.25) is 0 Å². The van der Waals surface area contributed by atoms with E-state index in [1.807, 2.05) is 6.92 Å². The van der Waals surface area contributed by atoms with Crippen molar-refractivity contribution in [3.05, 3.63) is 33.4 Å². The fourth-order valence-corrected chi connectivity index (χ4v) is 1.80. The van der Waals surface area contributed by atoms with Crippen molar-refractivity contribution >= 4 is 28.3 Å². The largest absolute Gasteiger partial charge is 0.274 e. The second-order valence-electron chi connectivity index (χ2n) is 3.49. The van der Waals surface area contributed by atoms with E-state index in [4.69, 9.17) is 5.26 Å². The Bertz CT molecular complexity index is 549. The molecular weight excluding hydrogens is 252 g/mol. The van der Waals surface area contributed by atoms with Gasteiger partial charge < -0.3 is 0 Å². The molecule has 1 rings (SSSR count). The molecule has 0 fully saturated rings. The lowest BCUT2D eigenvalue weighted by Crippen LogP contribution is -2.12. The van der Waals surface area contributed by atoms with E-state index in [2.05, 4.69) is 10.3 Å². The van der Waals surface area contributed by atoms with Crippen molar-refractivity contribution in [3.63, 3.8) is 0 Å². The van der Waals surface area contributed by atoms with Gasteiger partial charge in [0.25, 0.3) is 5.69 Å². The van der Waals surface area contributed by atoms with E-state index in [0.29, 0.717) is 16.4 Å². The van der Waals surface area contributed by atoms with Gasteiger partial charge in [0, 0.05) is 6.07 Å². The first-order chi connectivity index (χ1) is 8.51. The molecule has 1 N–H and O–H groups in total. The van der Waals surface area contributed by atoms with Crippen molar-refractivity contribution in [2.75, 3.05) is 6.26 Å². The number of nitro benzene ring substituents is 1. The predicted octanol–water partition coefficient (Wildman–Crippen LogP) is 2.63. The number of amidine groups is 1. The number of aryl methyl sites for hydroxylation is 1. The van der Waals surface area contributed by atoms with Gasteiger partial charge in [-0.05, 0) is 25.7 Å². The van der Waals surface area contributed by atoms with Crippen LogP contribution in [0.3, 0.4) is 0 Å². The smallest absolute Gasteiger partial charge is 0.271 e. The molecule has 18 heavy (non-hydrogen) atoms. The van der Waals surface area contributed by atoms with Crippen LogP contribution >= 0.6 is 11.8 Å². The molecule has 0 aliphatic carbocycles. The molecule has 0 heterocycles. The molecule has 6 nitrogen and oxygen atoms in total. The van der Waals surface area contributed by atoms with Gasteiger partial charge in [-0.2, -0.15) is 5.26 Å². The van der Waals surface area contributed by atoms with E-state index in [1.54, 1.807) is 25.4 Å². The number of hydrogen-bond acceptors (Lipinski definition) is 5. The van der Waals surface area contributed by atoms with Gasteiger partial charge in [-0.1, -0.05) is 17.8 Å². The molecule has 0 bridgehead atoms. The average molecular weight is 264 g/mol. The monoisotopic (exact) mass is 264 g/mol. The topological polar surface area (TPSA) is 91.3 Å². The minimum atomic E-state index is -0.440. The van der Waals surface area contributed by atoms with Crippen molar-refractivity contribution < 1.29 is 4.92 Å². The highest BCUT2D eigenvalue weighted by Crippen LogP contribution is 2.31. The van der Waals surface area contributed by atoms with Crippen molar-refractivity contribution in [1.82, 2.24) is 5.32 Å². The van der Waals surface area contributed by atoms with Gasteiger partial charge in [0.1, 0.15) is 0 Å². The third-order valence-electron chi connectivity index (χ3n) is 2.37. The molecule has 0 saturated carbocycles. The van der Waals surface area contributed by atoms with Crippen LogP contribution in [0.15, 0.2) is 17.1 Å². The van der Waals surface area contributed by atoms with E-state index >= 15 is 0 Å². The third kappa shape index (κ3) is 2.99. The van der Waals surface area contributed by atoms with Gasteiger partial charge in [-0.3, -0.25) is 15.4 Å². The molecule has 0 aliphatic heterocycles. The van der Waals surface area contributed by atoms with Gasteiger partial charge in [-0.15, -0.1) is 0 Å². The first-order valence-electron chi connectivity index (χ1n) is 5.03. The Balaban J connectivity index is 3.36. The number of aliphatic imine (C=N–C) groups is 1. The first kappa shape index (κ1) is 14.0. The number of nitrogens with one attached hydrogen (secondary N) is 1. The van der Waals surface area contributed by atoms with E-state index < -0.39 is 4.92 Å². The Labute approximate surface area is 109 Å². The maximum atomic E-state index is 10.9. The van der Waals surface area contributed by atoms with Crippen LogP contribution in [-0.2, 0) is 0 Å². The summed E-state index contributed by atoms with van der Waals surface area (Å²) < 4.78 is 0. The summed E-state index contributed by atoms with van der Waals surface area (Å²) in [6.45, 7) is 3.47. The highest BCUT2D eigenvalue weighted by Gasteiger charge is 2.15. The summed E-state index contributed by atoms with van der Waals surface area (Å²) in [6.07, 6.45) is 3.55. The van der Waals surface area contributed by atoms with Gasteiger partial charge in [0.2, 0.25) is 0 Å². The quantitative estimate of drug-likeness (QED) is 0.221. The van der Waals surface area contributed by atoms with Crippen LogP contribution in [-0.4, -0.2) is 16.3 Å². The highest BCUT2D eigenvalue weighted by molar-refractivity contribution is 8.13. The van der Waals surface area contributed by atoms with Gasteiger partial charge in [0.05, 0.1) is 16.2 Å². The Morgan fingerprint density at radius 3 is 2.72 bits per heavy atom. The van der Waals surface area contributed by atoms with Crippen molar-refractivity contribution in [1.29, 1.82) is 5.26 Å². The van der Waals surface area contributed by atoms with Crippen LogP contribution in [0.5, 0.6) is 0 Å². The van der Waals surface area contributed by atoms with E-state index in [1.165, 1.54) is 17.8 Å². The van der Waals surface area contributed by atoms with Gasteiger partial charge >= 0.3 is 0 Å². The molecule has 1 aromatic carbocycles. The molecule has 0 unspecified atom stereocenters. The summed E-state index contributed by atoms with van der Waals surface area (Å²) in [5, 5.41) is 22.3. The summed E-state index contributed by atoms with van der Waals surface area (Å²) in [6, 6.07) is 3.11. The number of nitro groups is 1. The highest BCUT2D eigenvalue weighted by atomic mass is 32.2. The van der Waals surface area contributed by atoms with Crippen molar-refractivity contribution in [3.8, 4) is 6.19 Å².